The van der Waals surface area contributed by atoms with Crippen LogP contribution in [0.3, 0.4) is 0 Å². The Bertz CT molecular complexity index is 9650. The lowest BCUT2D eigenvalue weighted by Crippen LogP contribution is -2.12. The van der Waals surface area contributed by atoms with Gasteiger partial charge in [0.05, 0.1) is 11.4 Å². The van der Waals surface area contributed by atoms with Crippen molar-refractivity contribution in [2.45, 2.75) is 27.7 Å². The first-order valence-electron chi connectivity index (χ1n) is 49.8. The second kappa shape index (κ2) is 37.4. The molecular formula is C140H100N4. The Hall–Kier alpha value is -18.5. The van der Waals surface area contributed by atoms with Crippen LogP contribution in [0, 0.1) is 27.7 Å². The van der Waals surface area contributed by atoms with Crippen LogP contribution in [0.25, 0.3) is 172 Å². The summed E-state index contributed by atoms with van der Waals surface area (Å²) in [5.74, 6) is 0. The quantitative estimate of drug-likeness (QED) is 0.113. The Morgan fingerprint density at radius 1 is 0.104 bits per heavy atom. The van der Waals surface area contributed by atoms with Gasteiger partial charge in [0.25, 0.3) is 0 Å². The molecule has 28 aromatic carbocycles. The third kappa shape index (κ3) is 16.4. The van der Waals surface area contributed by atoms with Crippen molar-refractivity contribution in [2.24, 2.45) is 0 Å². The number of anilines is 12. The Morgan fingerprint density at radius 2 is 0.326 bits per heavy atom. The molecule has 0 amide bonds. The van der Waals surface area contributed by atoms with Gasteiger partial charge < -0.3 is 19.6 Å². The molecule has 0 heterocycles. The molecule has 0 unspecified atom stereocenters. The van der Waals surface area contributed by atoms with Crippen LogP contribution in [0.4, 0.5) is 68.2 Å². The molecule has 680 valence electrons. The van der Waals surface area contributed by atoms with Gasteiger partial charge in [-0.25, -0.2) is 0 Å². The summed E-state index contributed by atoms with van der Waals surface area (Å²) in [6.07, 6.45) is 0. The molecule has 0 aliphatic heterocycles. The maximum Gasteiger partial charge on any atom is 0.0546 e. The number of para-hydroxylation sites is 1. The molecule has 0 aromatic heterocycles. The van der Waals surface area contributed by atoms with Gasteiger partial charge in [0.15, 0.2) is 0 Å². The molecule has 4 nitrogen and oxygen atoms in total. The zero-order chi connectivity index (χ0) is 96.2. The second-order valence-corrected chi connectivity index (χ2v) is 38.1. The van der Waals surface area contributed by atoms with E-state index in [1.807, 2.05) is 0 Å². The van der Waals surface area contributed by atoms with Crippen LogP contribution >= 0.6 is 0 Å². The Balaban J connectivity index is 0.000000101. The number of rotatable bonds is 12. The zero-order valence-electron chi connectivity index (χ0n) is 80.6. The Morgan fingerprint density at radius 3 is 0.681 bits per heavy atom. The van der Waals surface area contributed by atoms with Gasteiger partial charge in [-0.3, -0.25) is 0 Å². The minimum atomic E-state index is 1.15. The van der Waals surface area contributed by atoms with E-state index in [2.05, 4.69) is 581 Å². The van der Waals surface area contributed by atoms with Crippen molar-refractivity contribution >= 4 is 241 Å². The Kier molecular flexibility index (Phi) is 22.6. The first-order chi connectivity index (χ1) is 71.0. The van der Waals surface area contributed by atoms with Crippen LogP contribution < -0.4 is 19.6 Å². The standard InChI is InChI=1S/4C35H25N/c1-24-10-2-9-17-34(24)36(28-20-21-31-27(22-28)19-18-25-11-3-5-13-29(25)31)35-23-26-12-4-6-14-30(26)32-15-7-8-16-33(32)35;1-24-7-6-10-29(21-24)36(30-19-17-27-15-13-25-8-2-4-11-32(25)34(27)22-30)31-20-18-28-16-14-26-9-3-5-12-33(26)35(28)23-31;1-24-14-18-28(19-15-24)36(29-20-21-32-27(22-29)17-16-25-8-2-4-10-30(25)32)35-23-26-9-3-5-11-31(26)33-12-6-7-13-34(33)35;1-24-10-18-29(19-11-24)36(30-20-16-27-14-12-25-6-2-4-8-32(25)34(27)22-30)31-21-17-28-15-13-26-7-3-5-9-33(26)35(28)23-31/h4*2-23H,1H3. The second-order valence-electron chi connectivity index (χ2n) is 38.1. The smallest absolute Gasteiger partial charge is 0.0546 e. The van der Waals surface area contributed by atoms with Gasteiger partial charge >= 0.3 is 0 Å². The number of hydrogen-bond acceptors (Lipinski definition) is 4. The molecule has 144 heavy (non-hydrogen) atoms. The first kappa shape index (κ1) is 87.1. The summed E-state index contributed by atoms with van der Waals surface area (Å²) in [7, 11) is 0. The van der Waals surface area contributed by atoms with Gasteiger partial charge in [-0.05, 0) is 328 Å². The van der Waals surface area contributed by atoms with E-state index in [1.54, 1.807) is 0 Å². The molecule has 0 saturated heterocycles. The number of fused-ring (bicyclic) bond motifs is 24. The first-order valence-corrected chi connectivity index (χ1v) is 49.8. The lowest BCUT2D eigenvalue weighted by Gasteiger charge is -2.29. The van der Waals surface area contributed by atoms with E-state index >= 15 is 0 Å². The molecule has 0 spiro atoms. The normalized spacial score (nSPS) is 11.5. The van der Waals surface area contributed by atoms with Crippen molar-refractivity contribution in [3.63, 3.8) is 0 Å². The lowest BCUT2D eigenvalue weighted by atomic mass is 9.97. The van der Waals surface area contributed by atoms with Crippen molar-refractivity contribution in [1.82, 2.24) is 0 Å². The average Bonchev–Trinajstić information content (AvgIpc) is 0.744. The summed E-state index contributed by atoms with van der Waals surface area (Å²) in [5, 5.41) is 40.6. The van der Waals surface area contributed by atoms with Crippen LogP contribution in [-0.2, 0) is 0 Å². The predicted octanol–water partition coefficient (Wildman–Crippen LogP) is 40.3. The van der Waals surface area contributed by atoms with E-state index in [4.69, 9.17) is 0 Å². The van der Waals surface area contributed by atoms with Gasteiger partial charge in [0, 0.05) is 67.6 Å². The molecule has 0 N–H and O–H groups in total. The van der Waals surface area contributed by atoms with Crippen LogP contribution in [0.15, 0.2) is 534 Å². The highest BCUT2D eigenvalue weighted by atomic mass is 15.2. The predicted molar refractivity (Wildman–Crippen MR) is 624 cm³/mol. The summed E-state index contributed by atoms with van der Waals surface area (Å²) in [6.45, 7) is 8.63. The summed E-state index contributed by atoms with van der Waals surface area (Å²) in [6, 6.07) is 194. The average molecular weight is 1840 g/mol. The van der Waals surface area contributed by atoms with E-state index in [-0.39, 0.29) is 0 Å². The molecule has 0 radical (unpaired) electrons. The van der Waals surface area contributed by atoms with Crippen molar-refractivity contribution in [3.8, 4) is 0 Å². The SMILES string of the molecule is Cc1ccc(N(c2ccc3c(ccc4ccccc43)c2)c2cc3ccccc3c3ccccc23)cc1.Cc1ccc(N(c2ccc3ccc4ccccc4c3c2)c2ccc3ccc4ccccc4c3c2)cc1.Cc1cccc(N(c2ccc3ccc4ccccc4c3c2)c2ccc3ccc4ccccc4c3c2)c1.Cc1ccccc1N(c1ccc2c(ccc3ccccc32)c1)c1cc2ccccc2c2ccccc12. The van der Waals surface area contributed by atoms with Crippen molar-refractivity contribution in [1.29, 1.82) is 0 Å². The molecule has 28 rings (SSSR count). The molecule has 0 fully saturated rings. The van der Waals surface area contributed by atoms with E-state index in [9.17, 15) is 0 Å². The monoisotopic (exact) mass is 1840 g/mol. The molecule has 0 saturated carbocycles. The fraction of sp³-hybridized carbons (Fsp3) is 0.0286. The van der Waals surface area contributed by atoms with Gasteiger partial charge in [-0.15, -0.1) is 0 Å². The zero-order valence-corrected chi connectivity index (χ0v) is 80.6. The molecular weight excluding hydrogens is 1740 g/mol. The van der Waals surface area contributed by atoms with Crippen LogP contribution in [-0.4, -0.2) is 0 Å². The Labute approximate surface area is 837 Å². The molecule has 28 aromatic rings. The molecule has 0 atom stereocenters. The topological polar surface area (TPSA) is 13.0 Å². The maximum atomic E-state index is 2.43. The number of nitrogens with zero attached hydrogens (tertiary/aromatic N) is 4. The molecule has 0 aliphatic carbocycles. The molecule has 0 bridgehead atoms. The van der Waals surface area contributed by atoms with E-state index in [0.717, 1.165) is 51.2 Å². The van der Waals surface area contributed by atoms with Gasteiger partial charge in [-0.1, -0.05) is 418 Å². The highest BCUT2D eigenvalue weighted by Crippen LogP contribution is 2.50. The minimum Gasteiger partial charge on any atom is -0.310 e. The van der Waals surface area contributed by atoms with Crippen molar-refractivity contribution in [3.05, 3.63) is 556 Å². The third-order valence-electron chi connectivity index (χ3n) is 29.1. The van der Waals surface area contributed by atoms with Gasteiger partial charge in [0.1, 0.15) is 0 Å². The highest BCUT2D eigenvalue weighted by Gasteiger charge is 2.25. The summed E-state index contributed by atoms with van der Waals surface area (Å²) in [5.41, 5.74) is 19.0. The molecule has 4 heteroatoms. The largest absolute Gasteiger partial charge is 0.310 e. The van der Waals surface area contributed by atoms with E-state index in [1.165, 1.54) is 212 Å². The minimum absolute atomic E-state index is 1.15. The fourth-order valence-corrected chi connectivity index (χ4v) is 21.9. The summed E-state index contributed by atoms with van der Waals surface area (Å²) in [4.78, 5) is 9.60. The van der Waals surface area contributed by atoms with E-state index < -0.39 is 0 Å². The van der Waals surface area contributed by atoms with Gasteiger partial charge in [0.2, 0.25) is 0 Å². The number of benzene rings is 28. The third-order valence-corrected chi connectivity index (χ3v) is 29.1. The van der Waals surface area contributed by atoms with Crippen LogP contribution in [0.1, 0.15) is 22.3 Å². The molecule has 0 aliphatic rings. The lowest BCUT2D eigenvalue weighted by molar-refractivity contribution is 1.27. The van der Waals surface area contributed by atoms with Crippen molar-refractivity contribution < 1.29 is 0 Å². The highest BCUT2D eigenvalue weighted by molar-refractivity contribution is 6.20. The number of hydrogen-bond donors (Lipinski definition) is 0. The fourth-order valence-electron chi connectivity index (χ4n) is 21.9. The van der Waals surface area contributed by atoms with E-state index in [0.29, 0.717) is 0 Å². The van der Waals surface area contributed by atoms with Crippen LogP contribution in [0.2, 0.25) is 0 Å². The summed E-state index contributed by atoms with van der Waals surface area (Å²) >= 11 is 0. The van der Waals surface area contributed by atoms with Crippen LogP contribution in [0.5, 0.6) is 0 Å². The maximum absolute atomic E-state index is 2.43. The summed E-state index contributed by atoms with van der Waals surface area (Å²) < 4.78 is 0. The van der Waals surface area contributed by atoms with Gasteiger partial charge in [-0.2, -0.15) is 0 Å². The number of aryl methyl sites for hydroxylation is 4. The van der Waals surface area contributed by atoms with Crippen molar-refractivity contribution in [2.75, 3.05) is 19.6 Å².